The third-order valence-electron chi connectivity index (χ3n) is 6.13. The zero-order chi connectivity index (χ0) is 27.8. The van der Waals surface area contributed by atoms with Gasteiger partial charge < -0.3 is 55.1 Å². The van der Waals surface area contributed by atoms with Crippen LogP contribution in [0.4, 0.5) is 0 Å². The average molecular weight is 535 g/mol. The highest BCUT2D eigenvalue weighted by atomic mass is 16.7. The molecule has 3 rings (SSSR count). The molecule has 1 fully saturated rings. The minimum Gasteiger partial charge on any atom is -0.504 e. The molecule has 38 heavy (non-hydrogen) atoms. The molecule has 1 aliphatic heterocycles. The number of hydrogen-bond acceptors (Lipinski definition) is 11. The maximum absolute atomic E-state index is 10.5. The summed E-state index contributed by atoms with van der Waals surface area (Å²) in [6, 6.07) is 8.20. The van der Waals surface area contributed by atoms with E-state index in [-0.39, 0.29) is 29.4 Å². The number of aliphatic hydroxyl groups excluding tert-OH is 4. The normalized spacial score (nSPS) is 24.8. The van der Waals surface area contributed by atoms with Gasteiger partial charge in [-0.25, -0.2) is 0 Å². The third kappa shape index (κ3) is 7.27. The van der Waals surface area contributed by atoms with E-state index in [2.05, 4.69) is 11.8 Å². The predicted molar refractivity (Wildman–Crippen MR) is 133 cm³/mol. The van der Waals surface area contributed by atoms with Crippen molar-refractivity contribution in [2.45, 2.75) is 69.1 Å². The van der Waals surface area contributed by atoms with Gasteiger partial charge in [0.2, 0.25) is 0 Å². The fourth-order valence-corrected chi connectivity index (χ4v) is 3.92. The van der Waals surface area contributed by atoms with Crippen molar-refractivity contribution in [2.24, 2.45) is 0 Å². The summed E-state index contributed by atoms with van der Waals surface area (Å²) >= 11 is 0. The van der Waals surface area contributed by atoms with Crippen LogP contribution in [-0.4, -0.2) is 90.9 Å². The van der Waals surface area contributed by atoms with E-state index in [9.17, 15) is 40.9 Å². The van der Waals surface area contributed by atoms with E-state index in [1.165, 1.54) is 36.4 Å². The Morgan fingerprint density at radius 1 is 0.895 bits per heavy atom. The van der Waals surface area contributed by atoms with E-state index in [1.807, 2.05) is 6.92 Å². The summed E-state index contributed by atoms with van der Waals surface area (Å²) in [6.07, 6.45) is -7.92. The van der Waals surface area contributed by atoms with Crippen LogP contribution in [0, 0.1) is 11.8 Å². The van der Waals surface area contributed by atoms with Crippen molar-refractivity contribution >= 4 is 0 Å². The van der Waals surface area contributed by atoms with E-state index in [4.69, 9.17) is 14.2 Å². The number of aliphatic hydroxyl groups is 4. The number of phenols is 4. The van der Waals surface area contributed by atoms with Gasteiger partial charge in [0, 0.05) is 18.6 Å². The summed E-state index contributed by atoms with van der Waals surface area (Å²) in [7, 11) is 0. The maximum atomic E-state index is 10.5. The number of hydrogen-bond donors (Lipinski definition) is 8. The van der Waals surface area contributed by atoms with Gasteiger partial charge in [0.15, 0.2) is 29.3 Å². The molecule has 7 atom stereocenters. The number of rotatable bonds is 10. The molecule has 1 aliphatic rings. The molecule has 1 heterocycles. The number of ether oxygens (including phenoxy) is 3. The zero-order valence-electron chi connectivity index (χ0n) is 20.8. The maximum Gasteiger partial charge on any atom is 0.187 e. The van der Waals surface area contributed by atoms with Crippen molar-refractivity contribution < 1.29 is 55.1 Å². The molecule has 0 spiro atoms. The number of unbranched alkanes of at least 4 members (excludes halogenated alkanes) is 1. The Balaban J connectivity index is 1.95. The van der Waals surface area contributed by atoms with Crippen LogP contribution in [0.2, 0.25) is 0 Å². The summed E-state index contributed by atoms with van der Waals surface area (Å²) in [4.78, 5) is 0. The second-order valence-corrected chi connectivity index (χ2v) is 8.97. The Kier molecular flexibility index (Phi) is 10.6. The SMILES string of the molecule is CCCCO[C@@H](c1ccc(O)c(O)c1)[C@H](CC#Cc1ccc(O)c(O)c1)O[C@@H]1O[C@H](CO)[C@@H](O)[C@H](O)[C@H]1O. The van der Waals surface area contributed by atoms with Crippen molar-refractivity contribution in [3.05, 3.63) is 47.5 Å². The molecule has 8 N–H and O–H groups in total. The van der Waals surface area contributed by atoms with Gasteiger partial charge in [-0.1, -0.05) is 31.3 Å². The molecule has 0 aromatic heterocycles. The van der Waals surface area contributed by atoms with Crippen LogP contribution < -0.4 is 0 Å². The molecule has 2 aromatic rings. The summed E-state index contributed by atoms with van der Waals surface area (Å²) in [5, 5.41) is 79.6. The van der Waals surface area contributed by atoms with E-state index in [1.54, 1.807) is 0 Å². The monoisotopic (exact) mass is 534 g/mol. The lowest BCUT2D eigenvalue weighted by molar-refractivity contribution is -0.318. The molecular weight excluding hydrogens is 500 g/mol. The highest BCUT2D eigenvalue weighted by molar-refractivity contribution is 5.46. The molecule has 0 unspecified atom stereocenters. The summed E-state index contributed by atoms with van der Waals surface area (Å²) in [6.45, 7) is 1.64. The molecule has 11 nitrogen and oxygen atoms in total. The summed E-state index contributed by atoms with van der Waals surface area (Å²) in [5.41, 5.74) is 0.827. The molecule has 0 amide bonds. The van der Waals surface area contributed by atoms with Gasteiger partial charge in [0.1, 0.15) is 36.6 Å². The number of phenolic OH excluding ortho intramolecular Hbond substituents is 4. The smallest absolute Gasteiger partial charge is 0.187 e. The van der Waals surface area contributed by atoms with Crippen LogP contribution in [0.15, 0.2) is 36.4 Å². The Morgan fingerprint density at radius 2 is 1.58 bits per heavy atom. The first-order valence-corrected chi connectivity index (χ1v) is 12.3. The lowest BCUT2D eigenvalue weighted by Gasteiger charge is -2.41. The minimum absolute atomic E-state index is 0.0326. The quantitative estimate of drug-likeness (QED) is 0.123. The van der Waals surface area contributed by atoms with Crippen LogP contribution in [0.3, 0.4) is 0 Å². The zero-order valence-corrected chi connectivity index (χ0v) is 20.8. The van der Waals surface area contributed by atoms with Gasteiger partial charge in [0.25, 0.3) is 0 Å². The first kappa shape index (κ1) is 29.5. The molecule has 0 radical (unpaired) electrons. The molecule has 0 aliphatic carbocycles. The van der Waals surface area contributed by atoms with Gasteiger partial charge in [-0.05, 0) is 42.3 Å². The van der Waals surface area contributed by atoms with E-state index >= 15 is 0 Å². The second kappa shape index (κ2) is 13.6. The van der Waals surface area contributed by atoms with Crippen molar-refractivity contribution in [3.63, 3.8) is 0 Å². The Labute approximate surface area is 220 Å². The first-order chi connectivity index (χ1) is 18.2. The van der Waals surface area contributed by atoms with Gasteiger partial charge >= 0.3 is 0 Å². The predicted octanol–water partition coefficient (Wildman–Crippen LogP) is 0.994. The van der Waals surface area contributed by atoms with Crippen LogP contribution in [0.1, 0.15) is 43.4 Å². The van der Waals surface area contributed by atoms with Crippen LogP contribution >= 0.6 is 0 Å². The number of aromatic hydroxyl groups is 4. The van der Waals surface area contributed by atoms with Crippen molar-refractivity contribution in [1.29, 1.82) is 0 Å². The number of benzene rings is 2. The van der Waals surface area contributed by atoms with Crippen molar-refractivity contribution in [3.8, 4) is 34.8 Å². The fourth-order valence-electron chi connectivity index (χ4n) is 3.92. The lowest BCUT2D eigenvalue weighted by Crippen LogP contribution is -2.59. The summed E-state index contributed by atoms with van der Waals surface area (Å²) < 4.78 is 17.6. The first-order valence-electron chi connectivity index (χ1n) is 12.3. The molecular formula is C27H34O11. The molecule has 1 saturated heterocycles. The average Bonchev–Trinajstić information content (AvgIpc) is 2.90. The topological polar surface area (TPSA) is 190 Å². The van der Waals surface area contributed by atoms with Crippen LogP contribution in [-0.2, 0) is 14.2 Å². The molecule has 0 saturated carbocycles. The van der Waals surface area contributed by atoms with E-state index < -0.39 is 49.5 Å². The minimum atomic E-state index is -1.66. The van der Waals surface area contributed by atoms with Gasteiger partial charge in [0.05, 0.1) is 6.61 Å². The van der Waals surface area contributed by atoms with Crippen molar-refractivity contribution in [1.82, 2.24) is 0 Å². The summed E-state index contributed by atoms with van der Waals surface area (Å²) in [5.74, 6) is 4.39. The van der Waals surface area contributed by atoms with Crippen molar-refractivity contribution in [2.75, 3.05) is 13.2 Å². The highest BCUT2D eigenvalue weighted by Gasteiger charge is 2.45. The largest absolute Gasteiger partial charge is 0.504 e. The highest BCUT2D eigenvalue weighted by Crippen LogP contribution is 2.35. The van der Waals surface area contributed by atoms with Crippen LogP contribution in [0.25, 0.3) is 0 Å². The molecule has 11 heteroatoms. The fraction of sp³-hybridized carbons (Fsp3) is 0.481. The Bertz CT molecular complexity index is 1110. The third-order valence-corrected chi connectivity index (χ3v) is 6.13. The van der Waals surface area contributed by atoms with Gasteiger partial charge in [-0.2, -0.15) is 0 Å². The van der Waals surface area contributed by atoms with E-state index in [0.29, 0.717) is 24.2 Å². The van der Waals surface area contributed by atoms with Gasteiger partial charge in [-0.3, -0.25) is 0 Å². The van der Waals surface area contributed by atoms with E-state index in [0.717, 1.165) is 6.42 Å². The standard InChI is InChI=1S/C27H34O11/c1-2-3-11-36-26(16-8-10-18(30)20(32)13-16)21(6-4-5-15-7-9-17(29)19(31)12-15)37-27-25(35)24(34)23(33)22(14-28)38-27/h7-10,12-13,21-35H,2-3,6,11,14H2,1H3/t21-,22+,23+,24-,25+,26-,27+/m0/s1. The Hall–Kier alpha value is -3.08. The molecule has 208 valence electrons. The van der Waals surface area contributed by atoms with Gasteiger partial charge in [-0.15, -0.1) is 0 Å². The molecule has 0 bridgehead atoms. The Morgan fingerprint density at radius 3 is 2.21 bits per heavy atom. The molecule has 2 aromatic carbocycles. The van der Waals surface area contributed by atoms with Crippen LogP contribution in [0.5, 0.6) is 23.0 Å². The second-order valence-electron chi connectivity index (χ2n) is 8.97. The lowest BCUT2D eigenvalue weighted by atomic mass is 9.98.